The van der Waals surface area contributed by atoms with Crippen LogP contribution in [-0.2, 0) is 0 Å². The van der Waals surface area contributed by atoms with E-state index in [0.717, 1.165) is 60.2 Å². The molecule has 2 N–H and O–H groups in total. The predicted molar refractivity (Wildman–Crippen MR) is 133 cm³/mol. The first-order valence-electron chi connectivity index (χ1n) is 12.1. The maximum absolute atomic E-state index is 6.89. The Morgan fingerprint density at radius 3 is 2.39 bits per heavy atom. The van der Waals surface area contributed by atoms with Gasteiger partial charge in [-0.05, 0) is 70.5 Å². The van der Waals surface area contributed by atoms with Crippen LogP contribution in [0.15, 0.2) is 36.5 Å². The monoisotopic (exact) mass is 465 g/mol. The number of likely N-dealkylation sites (N-methyl/N-ethyl adjacent to an activating group) is 1. The molecule has 0 spiro atoms. The maximum atomic E-state index is 6.89. The summed E-state index contributed by atoms with van der Waals surface area (Å²) in [6.45, 7) is 2.21. The lowest BCUT2D eigenvalue weighted by Crippen LogP contribution is -2.53. The van der Waals surface area contributed by atoms with Crippen molar-refractivity contribution in [3.63, 3.8) is 0 Å². The summed E-state index contributed by atoms with van der Waals surface area (Å²) >= 11 is 6.52. The van der Waals surface area contributed by atoms with Crippen molar-refractivity contribution < 1.29 is 0 Å². The van der Waals surface area contributed by atoms with E-state index in [1.165, 1.54) is 18.7 Å². The summed E-state index contributed by atoms with van der Waals surface area (Å²) in [5.74, 6) is 1.95. The smallest absolute Gasteiger partial charge is 0.140 e. The highest BCUT2D eigenvalue weighted by atomic mass is 35.5. The summed E-state index contributed by atoms with van der Waals surface area (Å²) < 4.78 is 2.19. The van der Waals surface area contributed by atoms with Crippen molar-refractivity contribution in [2.45, 2.75) is 56.3 Å². The van der Waals surface area contributed by atoms with Crippen LogP contribution in [0.25, 0.3) is 5.65 Å². The molecule has 3 saturated heterocycles. The number of imidazole rings is 1. The van der Waals surface area contributed by atoms with Gasteiger partial charge in [0, 0.05) is 31.4 Å². The lowest BCUT2D eigenvalue weighted by Gasteiger charge is -2.41. The molecule has 2 unspecified atom stereocenters. The lowest BCUT2D eigenvalue weighted by atomic mass is 9.92. The van der Waals surface area contributed by atoms with E-state index in [0.29, 0.717) is 12.1 Å². The average molecular weight is 466 g/mol. The number of aromatic nitrogens is 3. The minimum Gasteiger partial charge on any atom is -0.383 e. The number of anilines is 2. The van der Waals surface area contributed by atoms with E-state index in [4.69, 9.17) is 22.3 Å². The van der Waals surface area contributed by atoms with Crippen molar-refractivity contribution in [3.05, 3.63) is 52.9 Å². The summed E-state index contributed by atoms with van der Waals surface area (Å²) in [6, 6.07) is 11.6. The highest BCUT2D eigenvalue weighted by molar-refractivity contribution is 6.31. The molecule has 3 aliphatic heterocycles. The Hall–Kier alpha value is -2.35. The van der Waals surface area contributed by atoms with E-state index in [2.05, 4.69) is 56.4 Å². The van der Waals surface area contributed by atoms with E-state index in [-0.39, 0.29) is 12.1 Å². The van der Waals surface area contributed by atoms with Gasteiger partial charge < -0.3 is 15.5 Å². The van der Waals surface area contributed by atoms with Crippen molar-refractivity contribution >= 4 is 28.9 Å². The molecule has 7 nitrogen and oxygen atoms in total. The molecule has 0 radical (unpaired) electrons. The van der Waals surface area contributed by atoms with Gasteiger partial charge in [-0.2, -0.15) is 0 Å². The number of likely N-dealkylation sites (tertiary alicyclic amines) is 2. The first-order valence-corrected chi connectivity index (χ1v) is 12.5. The normalized spacial score (nSPS) is 28.6. The van der Waals surface area contributed by atoms with Gasteiger partial charge in [0.25, 0.3) is 0 Å². The molecule has 6 heterocycles. The molecule has 0 aromatic carbocycles. The Balaban J connectivity index is 1.39. The first kappa shape index (κ1) is 21.2. The molecule has 4 atom stereocenters. The van der Waals surface area contributed by atoms with Crippen LogP contribution in [-0.4, -0.2) is 63.4 Å². The Kier molecular flexibility index (Phi) is 5.24. The zero-order valence-electron chi connectivity index (χ0n) is 19.4. The zero-order chi connectivity index (χ0) is 22.7. The summed E-state index contributed by atoms with van der Waals surface area (Å²) in [4.78, 5) is 17.1. The fraction of sp³-hybridized carbons (Fsp3) is 0.520. The molecule has 0 saturated carbocycles. The van der Waals surface area contributed by atoms with Crippen molar-refractivity contribution in [1.29, 1.82) is 0 Å². The largest absolute Gasteiger partial charge is 0.383 e. The van der Waals surface area contributed by atoms with Gasteiger partial charge in [0.1, 0.15) is 23.0 Å². The quantitative estimate of drug-likeness (QED) is 0.627. The van der Waals surface area contributed by atoms with Gasteiger partial charge in [-0.3, -0.25) is 14.3 Å². The number of fused-ring (bicyclic) bond motifs is 3. The van der Waals surface area contributed by atoms with Gasteiger partial charge >= 0.3 is 0 Å². The van der Waals surface area contributed by atoms with Gasteiger partial charge in [-0.1, -0.05) is 17.7 Å². The van der Waals surface area contributed by atoms with Crippen molar-refractivity contribution in [2.75, 3.05) is 37.8 Å². The van der Waals surface area contributed by atoms with Gasteiger partial charge in [0.05, 0.1) is 22.8 Å². The average Bonchev–Trinajstić information content (AvgIpc) is 3.28. The van der Waals surface area contributed by atoms with Gasteiger partial charge in [0.15, 0.2) is 0 Å². The minimum absolute atomic E-state index is 0.138. The molecule has 8 heteroatoms. The fourth-order valence-electron chi connectivity index (χ4n) is 6.48. The van der Waals surface area contributed by atoms with E-state index >= 15 is 0 Å². The standard InChI is InChI=1S/C25H32ClN7/c1-30-14-16-11-12-17(15-30)32(16)22-10-4-9-21-29-24(25(27)33(21)22)20-8-3-7-19(31(20)2)23-18(26)6-5-13-28-23/h4-6,9-10,13,16-17,19-20H,3,7-8,11-12,14-15,27H2,1-2H3/t16?,17?,19-,20+/m0/s1. The number of rotatable bonds is 3. The second-order valence-electron chi connectivity index (χ2n) is 9.97. The van der Waals surface area contributed by atoms with Crippen LogP contribution >= 0.6 is 11.6 Å². The first-order chi connectivity index (χ1) is 16.0. The third-order valence-electron chi connectivity index (χ3n) is 7.97. The predicted octanol–water partition coefficient (Wildman–Crippen LogP) is 4.15. The van der Waals surface area contributed by atoms with E-state index in [1.807, 2.05) is 18.3 Å². The molecule has 3 aromatic rings. The molecular weight excluding hydrogens is 434 g/mol. The number of pyridine rings is 2. The molecule has 3 aromatic heterocycles. The van der Waals surface area contributed by atoms with E-state index in [1.54, 1.807) is 0 Å². The van der Waals surface area contributed by atoms with Crippen molar-refractivity contribution in [3.8, 4) is 0 Å². The third-order valence-corrected chi connectivity index (χ3v) is 8.29. The fourth-order valence-corrected chi connectivity index (χ4v) is 6.73. The third kappa shape index (κ3) is 3.40. The van der Waals surface area contributed by atoms with Gasteiger partial charge in [0.2, 0.25) is 0 Å². The molecule has 174 valence electrons. The second-order valence-corrected chi connectivity index (χ2v) is 10.4. The van der Waals surface area contributed by atoms with Crippen LogP contribution in [0.4, 0.5) is 11.6 Å². The van der Waals surface area contributed by atoms with Crippen molar-refractivity contribution in [2.24, 2.45) is 0 Å². The molecule has 3 aliphatic rings. The number of nitrogens with two attached hydrogens (primary N) is 1. The van der Waals surface area contributed by atoms with E-state index < -0.39 is 0 Å². The summed E-state index contributed by atoms with van der Waals surface area (Å²) in [5.41, 5.74) is 9.74. The van der Waals surface area contributed by atoms with Gasteiger partial charge in [-0.25, -0.2) is 4.98 Å². The van der Waals surface area contributed by atoms with Crippen LogP contribution in [0.1, 0.15) is 55.6 Å². The molecule has 0 amide bonds. The number of nitrogen functional groups attached to an aromatic ring is 1. The minimum atomic E-state index is 0.138. The summed E-state index contributed by atoms with van der Waals surface area (Å²) in [6.07, 6.45) is 7.47. The number of nitrogens with zero attached hydrogens (tertiary/aromatic N) is 6. The Morgan fingerprint density at radius 2 is 1.67 bits per heavy atom. The Morgan fingerprint density at radius 1 is 0.939 bits per heavy atom. The van der Waals surface area contributed by atoms with Crippen molar-refractivity contribution in [1.82, 2.24) is 24.2 Å². The molecule has 2 bridgehead atoms. The summed E-state index contributed by atoms with van der Waals surface area (Å²) in [7, 11) is 4.39. The molecule has 6 rings (SSSR count). The Labute approximate surface area is 200 Å². The highest BCUT2D eigenvalue weighted by Gasteiger charge is 2.40. The Bertz CT molecular complexity index is 1160. The van der Waals surface area contributed by atoms with Crippen LogP contribution in [0.3, 0.4) is 0 Å². The zero-order valence-corrected chi connectivity index (χ0v) is 20.1. The van der Waals surface area contributed by atoms with Crippen LogP contribution in [0.2, 0.25) is 5.02 Å². The molecule has 3 fully saturated rings. The molecular formula is C25H32ClN7. The molecule has 0 aliphatic carbocycles. The van der Waals surface area contributed by atoms with Crippen LogP contribution < -0.4 is 10.6 Å². The van der Waals surface area contributed by atoms with E-state index in [9.17, 15) is 0 Å². The van der Waals surface area contributed by atoms with Gasteiger partial charge in [-0.15, -0.1) is 0 Å². The summed E-state index contributed by atoms with van der Waals surface area (Å²) in [5, 5.41) is 0.728. The second kappa shape index (κ2) is 8.15. The highest BCUT2D eigenvalue weighted by Crippen LogP contribution is 2.44. The topological polar surface area (TPSA) is 65.9 Å². The number of hydrogen-bond donors (Lipinski definition) is 1. The lowest BCUT2D eigenvalue weighted by molar-refractivity contribution is 0.110. The number of halogens is 1. The van der Waals surface area contributed by atoms with Crippen LogP contribution in [0, 0.1) is 0 Å². The maximum Gasteiger partial charge on any atom is 0.140 e. The number of piperazine rings is 1. The number of hydrogen-bond acceptors (Lipinski definition) is 6. The van der Waals surface area contributed by atoms with Crippen LogP contribution in [0.5, 0.6) is 0 Å². The molecule has 33 heavy (non-hydrogen) atoms. The number of piperidine rings is 1. The SMILES string of the molecule is CN1CC2CCC(C1)N2c1cccc2nc([C@H]3CCC[C@@H](c4ncccc4Cl)N3C)c(N)n12.